The molecule has 2 heterocycles. The molecule has 2 aromatic rings. The van der Waals surface area contributed by atoms with Crippen molar-refractivity contribution < 1.29 is 19.1 Å². The third-order valence-corrected chi connectivity index (χ3v) is 5.29. The van der Waals surface area contributed by atoms with Gasteiger partial charge in [-0.05, 0) is 42.7 Å². The predicted molar refractivity (Wildman–Crippen MR) is 106 cm³/mol. The van der Waals surface area contributed by atoms with E-state index in [1.165, 1.54) is 11.3 Å². The first-order chi connectivity index (χ1) is 13.1. The summed E-state index contributed by atoms with van der Waals surface area (Å²) in [6, 6.07) is 6.71. The minimum atomic E-state index is -0.543. The van der Waals surface area contributed by atoms with Gasteiger partial charge in [-0.2, -0.15) is 0 Å². The number of thiophene rings is 1. The molecule has 0 saturated carbocycles. The number of carbonyl (C=O) groups is 2. The third-order valence-electron chi connectivity index (χ3n) is 4.17. The first-order valence-corrected chi connectivity index (χ1v) is 9.73. The van der Waals surface area contributed by atoms with Gasteiger partial charge in [-0.1, -0.05) is 13.3 Å². The summed E-state index contributed by atoms with van der Waals surface area (Å²) in [5, 5.41) is 5.94. The Balaban J connectivity index is 1.64. The molecule has 0 fully saturated rings. The second-order valence-electron chi connectivity index (χ2n) is 6.18. The minimum Gasteiger partial charge on any atom is -0.494 e. The van der Waals surface area contributed by atoms with Crippen molar-refractivity contribution in [1.29, 1.82) is 0 Å². The molecule has 0 radical (unpaired) electrons. The van der Waals surface area contributed by atoms with E-state index < -0.39 is 11.9 Å². The van der Waals surface area contributed by atoms with Gasteiger partial charge in [0.1, 0.15) is 10.8 Å². The summed E-state index contributed by atoms with van der Waals surface area (Å²) in [6.07, 6.45) is 2.69. The maximum Gasteiger partial charge on any atom is 0.324 e. The van der Waals surface area contributed by atoms with Crippen LogP contribution in [-0.4, -0.2) is 25.2 Å². The molecule has 1 aliphatic rings. The summed E-state index contributed by atoms with van der Waals surface area (Å²) >= 11 is 1.33. The molecule has 27 heavy (non-hydrogen) atoms. The number of amides is 3. The van der Waals surface area contributed by atoms with Gasteiger partial charge in [-0.3, -0.25) is 10.1 Å². The van der Waals surface area contributed by atoms with Crippen LogP contribution in [0.25, 0.3) is 0 Å². The number of hydrogen-bond acceptors (Lipinski definition) is 5. The molecular formula is C19H23N3O4S. The number of anilines is 2. The van der Waals surface area contributed by atoms with Crippen molar-refractivity contribution in [1.82, 2.24) is 0 Å². The maximum atomic E-state index is 12.3. The van der Waals surface area contributed by atoms with Crippen LogP contribution in [0.3, 0.4) is 0 Å². The lowest BCUT2D eigenvalue weighted by Gasteiger charge is -2.12. The summed E-state index contributed by atoms with van der Waals surface area (Å²) in [5.41, 5.74) is 7.40. The normalized spacial score (nSPS) is 12.9. The Kier molecular flexibility index (Phi) is 6.31. The highest BCUT2D eigenvalue weighted by Crippen LogP contribution is 2.36. The molecule has 0 unspecified atom stereocenters. The van der Waals surface area contributed by atoms with Crippen molar-refractivity contribution in [3.8, 4) is 5.75 Å². The number of rotatable bonds is 7. The van der Waals surface area contributed by atoms with Crippen LogP contribution in [0.15, 0.2) is 24.3 Å². The van der Waals surface area contributed by atoms with Gasteiger partial charge >= 0.3 is 6.03 Å². The molecule has 1 aromatic heterocycles. The minimum absolute atomic E-state index is 0.383. The van der Waals surface area contributed by atoms with Crippen molar-refractivity contribution in [2.24, 2.45) is 5.73 Å². The van der Waals surface area contributed by atoms with Crippen molar-refractivity contribution >= 4 is 34.0 Å². The molecule has 1 aliphatic heterocycles. The number of fused-ring (bicyclic) bond motifs is 1. The van der Waals surface area contributed by atoms with Crippen molar-refractivity contribution in [3.05, 3.63) is 40.3 Å². The van der Waals surface area contributed by atoms with E-state index in [1.54, 1.807) is 24.3 Å². The first kappa shape index (κ1) is 19.2. The van der Waals surface area contributed by atoms with Gasteiger partial charge in [0.25, 0.3) is 5.91 Å². The van der Waals surface area contributed by atoms with Crippen LogP contribution in [-0.2, 0) is 17.8 Å². The summed E-state index contributed by atoms with van der Waals surface area (Å²) in [7, 11) is 0. The molecule has 7 nitrogen and oxygen atoms in total. The van der Waals surface area contributed by atoms with Crippen LogP contribution < -0.4 is 21.1 Å². The Bertz CT molecular complexity index is 817. The fourth-order valence-corrected chi connectivity index (χ4v) is 4.00. The Morgan fingerprint density at radius 1 is 1.26 bits per heavy atom. The molecule has 0 spiro atoms. The van der Waals surface area contributed by atoms with Crippen molar-refractivity contribution in [3.63, 3.8) is 0 Å². The monoisotopic (exact) mass is 389 g/mol. The zero-order valence-corrected chi connectivity index (χ0v) is 16.0. The van der Waals surface area contributed by atoms with Crippen LogP contribution in [0.4, 0.5) is 15.5 Å². The summed E-state index contributed by atoms with van der Waals surface area (Å²) in [4.78, 5) is 25.1. The van der Waals surface area contributed by atoms with Crippen LogP contribution in [0.2, 0.25) is 0 Å². The fourth-order valence-electron chi connectivity index (χ4n) is 2.82. The molecule has 0 saturated heterocycles. The van der Waals surface area contributed by atoms with E-state index in [-0.39, 0.29) is 0 Å². The Labute approximate surface area is 161 Å². The SMILES string of the molecule is CCCCOc1ccc(NC(=O)Nc2sc3c(c2C(N)=O)CCOC3)cc1. The molecule has 3 amide bonds. The van der Waals surface area contributed by atoms with E-state index in [9.17, 15) is 9.59 Å². The number of benzene rings is 1. The van der Waals surface area contributed by atoms with Crippen LogP contribution in [0.1, 0.15) is 40.6 Å². The average molecular weight is 389 g/mol. The quantitative estimate of drug-likeness (QED) is 0.628. The standard InChI is InChI=1S/C19H23N3O4S/c1-2-3-9-26-13-6-4-12(5-7-13)21-19(24)22-18-16(17(20)23)14-8-10-25-11-15(14)27-18/h4-7H,2-3,8-11H2,1H3,(H2,20,23)(H2,21,22,24). The molecule has 1 aromatic carbocycles. The highest BCUT2D eigenvalue weighted by Gasteiger charge is 2.25. The summed E-state index contributed by atoms with van der Waals surface area (Å²) in [5.74, 6) is 0.217. The van der Waals surface area contributed by atoms with Crippen LogP contribution in [0, 0.1) is 0 Å². The smallest absolute Gasteiger partial charge is 0.324 e. The van der Waals surface area contributed by atoms with Crippen molar-refractivity contribution in [2.75, 3.05) is 23.8 Å². The van der Waals surface area contributed by atoms with Gasteiger partial charge in [0, 0.05) is 10.6 Å². The van der Waals surface area contributed by atoms with E-state index in [0.717, 1.165) is 29.0 Å². The summed E-state index contributed by atoms with van der Waals surface area (Å²) in [6.45, 7) is 3.76. The van der Waals surface area contributed by atoms with Crippen LogP contribution >= 0.6 is 11.3 Å². The van der Waals surface area contributed by atoms with E-state index in [1.807, 2.05) is 0 Å². The molecule has 4 N–H and O–H groups in total. The maximum absolute atomic E-state index is 12.3. The van der Waals surface area contributed by atoms with E-state index in [4.69, 9.17) is 15.2 Å². The fraction of sp³-hybridized carbons (Fsp3) is 0.368. The second-order valence-corrected chi connectivity index (χ2v) is 7.29. The highest BCUT2D eigenvalue weighted by atomic mass is 32.1. The van der Waals surface area contributed by atoms with Gasteiger partial charge in [0.05, 0.1) is 25.4 Å². The lowest BCUT2D eigenvalue weighted by molar-refractivity contribution is 0.0991. The zero-order valence-electron chi connectivity index (χ0n) is 15.2. The third kappa shape index (κ3) is 4.78. The highest BCUT2D eigenvalue weighted by molar-refractivity contribution is 7.17. The van der Waals surface area contributed by atoms with Gasteiger partial charge in [0.15, 0.2) is 0 Å². The van der Waals surface area contributed by atoms with Crippen LogP contribution in [0.5, 0.6) is 5.75 Å². The van der Waals surface area contributed by atoms with E-state index in [0.29, 0.717) is 42.5 Å². The molecule has 0 aliphatic carbocycles. The molecule has 3 rings (SSSR count). The van der Waals surface area contributed by atoms with Gasteiger partial charge in [0.2, 0.25) is 0 Å². The van der Waals surface area contributed by atoms with Crippen molar-refractivity contribution in [2.45, 2.75) is 32.8 Å². The second kappa shape index (κ2) is 8.88. The van der Waals surface area contributed by atoms with Gasteiger partial charge in [-0.25, -0.2) is 4.79 Å². The molecular weight excluding hydrogens is 366 g/mol. The first-order valence-electron chi connectivity index (χ1n) is 8.91. The number of ether oxygens (including phenoxy) is 2. The number of nitrogens with one attached hydrogen (secondary N) is 2. The Morgan fingerprint density at radius 2 is 2.04 bits per heavy atom. The number of hydrogen-bond donors (Lipinski definition) is 3. The number of nitrogens with two attached hydrogens (primary N) is 1. The van der Waals surface area contributed by atoms with E-state index >= 15 is 0 Å². The Morgan fingerprint density at radius 3 is 2.74 bits per heavy atom. The largest absolute Gasteiger partial charge is 0.494 e. The molecule has 0 bridgehead atoms. The molecule has 144 valence electrons. The number of unbranched alkanes of at least 4 members (excludes halogenated alkanes) is 1. The number of urea groups is 1. The molecule has 8 heteroatoms. The summed E-state index contributed by atoms with van der Waals surface area (Å²) < 4.78 is 11.0. The van der Waals surface area contributed by atoms with Gasteiger partial charge in [-0.15, -0.1) is 11.3 Å². The lowest BCUT2D eigenvalue weighted by Crippen LogP contribution is -2.22. The topological polar surface area (TPSA) is 103 Å². The number of primary amides is 1. The molecule has 0 atom stereocenters. The predicted octanol–water partition coefficient (Wildman–Crippen LogP) is 3.74. The average Bonchev–Trinajstić information content (AvgIpc) is 3.01. The van der Waals surface area contributed by atoms with E-state index in [2.05, 4.69) is 17.6 Å². The Hall–Kier alpha value is -2.58. The lowest BCUT2D eigenvalue weighted by atomic mass is 10.1. The van der Waals surface area contributed by atoms with Gasteiger partial charge < -0.3 is 20.5 Å². The number of carbonyl (C=O) groups excluding carboxylic acids is 2. The zero-order chi connectivity index (χ0) is 19.2.